The lowest BCUT2D eigenvalue weighted by Gasteiger charge is -2.29. The van der Waals surface area contributed by atoms with E-state index in [1.807, 2.05) is 17.6 Å². The van der Waals surface area contributed by atoms with Crippen molar-refractivity contribution in [1.82, 2.24) is 9.47 Å². The number of phenols is 1. The summed E-state index contributed by atoms with van der Waals surface area (Å²) in [7, 11) is 0. The molecule has 2 heterocycles. The van der Waals surface area contributed by atoms with E-state index in [0.717, 1.165) is 12.0 Å². The molecule has 1 aliphatic heterocycles. The third-order valence-electron chi connectivity index (χ3n) is 3.91. The Labute approximate surface area is 128 Å². The molecule has 0 bridgehead atoms. The summed E-state index contributed by atoms with van der Waals surface area (Å²) in [6, 6.07) is 7.07. The van der Waals surface area contributed by atoms with Crippen LogP contribution in [0.1, 0.15) is 28.5 Å². The summed E-state index contributed by atoms with van der Waals surface area (Å²) in [6.07, 6.45) is 2.58. The fourth-order valence-electron chi connectivity index (χ4n) is 2.79. The Morgan fingerprint density at radius 1 is 1.33 bits per heavy atom. The van der Waals surface area contributed by atoms with Gasteiger partial charge in [-0.3, -0.25) is 4.79 Å². The van der Waals surface area contributed by atoms with Crippen LogP contribution in [0.15, 0.2) is 30.5 Å². The largest absolute Gasteiger partial charge is 0.508 e. The second-order valence-corrected chi connectivity index (χ2v) is 5.70. The van der Waals surface area contributed by atoms with Crippen molar-refractivity contribution in [2.75, 3.05) is 6.54 Å². The van der Waals surface area contributed by atoms with E-state index in [9.17, 15) is 9.90 Å². The van der Waals surface area contributed by atoms with Gasteiger partial charge in [-0.1, -0.05) is 17.7 Å². The standard InChI is InChI=1S/C16H17ClN2O2/c1-2-18-10-13(17)8-15(18)16(21)19-6-5-11-3-4-14(20)7-12(11)9-19/h3-4,7-8,10,20H,2,5-6,9H2,1H3. The highest BCUT2D eigenvalue weighted by Crippen LogP contribution is 2.25. The smallest absolute Gasteiger partial charge is 0.270 e. The van der Waals surface area contributed by atoms with Crippen LogP contribution in [-0.4, -0.2) is 27.0 Å². The van der Waals surface area contributed by atoms with Gasteiger partial charge < -0.3 is 14.6 Å². The number of amides is 1. The molecule has 1 aromatic carbocycles. The molecular formula is C16H17ClN2O2. The number of hydrogen-bond acceptors (Lipinski definition) is 2. The first-order valence-electron chi connectivity index (χ1n) is 7.04. The van der Waals surface area contributed by atoms with Crippen LogP contribution in [0.5, 0.6) is 5.75 Å². The Kier molecular flexibility index (Phi) is 3.64. The molecule has 5 heteroatoms. The van der Waals surface area contributed by atoms with Gasteiger partial charge in [0.15, 0.2) is 0 Å². The quantitative estimate of drug-likeness (QED) is 0.927. The lowest BCUT2D eigenvalue weighted by molar-refractivity contribution is 0.0723. The van der Waals surface area contributed by atoms with Crippen molar-refractivity contribution in [2.24, 2.45) is 0 Å². The van der Waals surface area contributed by atoms with E-state index in [1.165, 1.54) is 5.56 Å². The van der Waals surface area contributed by atoms with Gasteiger partial charge in [0, 0.05) is 25.8 Å². The second kappa shape index (κ2) is 5.45. The van der Waals surface area contributed by atoms with Crippen molar-refractivity contribution in [1.29, 1.82) is 0 Å². The van der Waals surface area contributed by atoms with E-state index in [1.54, 1.807) is 29.3 Å². The molecule has 1 aromatic heterocycles. The van der Waals surface area contributed by atoms with Gasteiger partial charge in [-0.05, 0) is 42.7 Å². The number of aryl methyl sites for hydroxylation is 1. The Morgan fingerprint density at radius 3 is 2.90 bits per heavy atom. The highest BCUT2D eigenvalue weighted by molar-refractivity contribution is 6.31. The number of hydrogen-bond donors (Lipinski definition) is 1. The Bertz CT molecular complexity index is 694. The van der Waals surface area contributed by atoms with Crippen molar-refractivity contribution < 1.29 is 9.90 Å². The topological polar surface area (TPSA) is 45.5 Å². The van der Waals surface area contributed by atoms with Gasteiger partial charge in [-0.25, -0.2) is 0 Å². The molecule has 0 atom stereocenters. The number of carbonyl (C=O) groups is 1. The number of carbonyl (C=O) groups excluding carboxylic acids is 1. The first kappa shape index (κ1) is 14.0. The normalized spacial score (nSPS) is 14.1. The Morgan fingerprint density at radius 2 is 2.14 bits per heavy atom. The fourth-order valence-corrected chi connectivity index (χ4v) is 3.02. The maximum Gasteiger partial charge on any atom is 0.270 e. The minimum atomic E-state index is -0.0160. The minimum absolute atomic E-state index is 0.0160. The number of halogens is 1. The number of aromatic nitrogens is 1. The number of aromatic hydroxyl groups is 1. The van der Waals surface area contributed by atoms with Gasteiger partial charge in [-0.15, -0.1) is 0 Å². The molecule has 4 nitrogen and oxygen atoms in total. The molecule has 0 unspecified atom stereocenters. The van der Waals surface area contributed by atoms with Gasteiger partial charge in [-0.2, -0.15) is 0 Å². The number of fused-ring (bicyclic) bond motifs is 1. The lowest BCUT2D eigenvalue weighted by atomic mass is 9.99. The second-order valence-electron chi connectivity index (χ2n) is 5.26. The molecule has 0 saturated carbocycles. The van der Waals surface area contributed by atoms with Crippen LogP contribution in [0.25, 0.3) is 0 Å². The summed E-state index contributed by atoms with van der Waals surface area (Å²) in [5.41, 5.74) is 2.82. The van der Waals surface area contributed by atoms with E-state index >= 15 is 0 Å². The third kappa shape index (κ3) is 2.63. The molecule has 1 N–H and O–H groups in total. The first-order valence-corrected chi connectivity index (χ1v) is 7.42. The van der Waals surface area contributed by atoms with E-state index in [4.69, 9.17) is 11.6 Å². The average Bonchev–Trinajstić information content (AvgIpc) is 2.86. The van der Waals surface area contributed by atoms with Crippen LogP contribution in [0.2, 0.25) is 5.02 Å². The van der Waals surface area contributed by atoms with E-state index in [2.05, 4.69) is 0 Å². The van der Waals surface area contributed by atoms with Crippen LogP contribution in [0.3, 0.4) is 0 Å². The Balaban J connectivity index is 1.86. The van der Waals surface area contributed by atoms with Crippen molar-refractivity contribution in [3.05, 3.63) is 52.3 Å². The third-order valence-corrected chi connectivity index (χ3v) is 4.12. The molecule has 21 heavy (non-hydrogen) atoms. The van der Waals surface area contributed by atoms with Crippen molar-refractivity contribution >= 4 is 17.5 Å². The lowest BCUT2D eigenvalue weighted by Crippen LogP contribution is -2.36. The summed E-state index contributed by atoms with van der Waals surface area (Å²) < 4.78 is 1.86. The molecular weight excluding hydrogens is 288 g/mol. The maximum atomic E-state index is 12.7. The number of phenolic OH excluding ortho intramolecular Hbond substituents is 1. The molecule has 0 aliphatic carbocycles. The van der Waals surface area contributed by atoms with Crippen molar-refractivity contribution in [3.63, 3.8) is 0 Å². The molecule has 0 fully saturated rings. The summed E-state index contributed by atoms with van der Waals surface area (Å²) in [5.74, 6) is 0.223. The number of benzene rings is 1. The predicted molar refractivity (Wildman–Crippen MR) is 81.7 cm³/mol. The highest BCUT2D eigenvalue weighted by atomic mass is 35.5. The van der Waals surface area contributed by atoms with Crippen molar-refractivity contribution in [3.8, 4) is 5.75 Å². The van der Waals surface area contributed by atoms with Gasteiger partial charge in [0.05, 0.1) is 5.02 Å². The zero-order valence-corrected chi connectivity index (χ0v) is 12.6. The van der Waals surface area contributed by atoms with Crippen LogP contribution < -0.4 is 0 Å². The summed E-state index contributed by atoms with van der Waals surface area (Å²) >= 11 is 6.00. The molecule has 110 valence electrons. The highest BCUT2D eigenvalue weighted by Gasteiger charge is 2.24. The predicted octanol–water partition coefficient (Wildman–Crippen LogP) is 3.07. The fraction of sp³-hybridized carbons (Fsp3) is 0.312. The monoisotopic (exact) mass is 304 g/mol. The van der Waals surface area contributed by atoms with E-state index < -0.39 is 0 Å². The first-order chi connectivity index (χ1) is 10.1. The molecule has 1 amide bonds. The van der Waals surface area contributed by atoms with Gasteiger partial charge in [0.25, 0.3) is 5.91 Å². The molecule has 3 rings (SSSR count). The number of rotatable bonds is 2. The molecule has 0 saturated heterocycles. The SMILES string of the molecule is CCn1cc(Cl)cc1C(=O)N1CCc2ccc(O)cc2C1. The Hall–Kier alpha value is -1.94. The van der Waals surface area contributed by atoms with E-state index in [0.29, 0.717) is 30.4 Å². The van der Waals surface area contributed by atoms with Crippen LogP contribution in [-0.2, 0) is 19.5 Å². The summed E-state index contributed by atoms with van der Waals surface area (Å²) in [6.45, 7) is 3.90. The van der Waals surface area contributed by atoms with Crippen molar-refractivity contribution in [2.45, 2.75) is 26.4 Å². The van der Waals surface area contributed by atoms with E-state index in [-0.39, 0.29) is 11.7 Å². The zero-order valence-electron chi connectivity index (χ0n) is 11.8. The maximum absolute atomic E-state index is 12.7. The van der Waals surface area contributed by atoms with Gasteiger partial charge >= 0.3 is 0 Å². The zero-order chi connectivity index (χ0) is 15.0. The molecule has 0 spiro atoms. The summed E-state index contributed by atoms with van der Waals surface area (Å²) in [4.78, 5) is 14.5. The molecule has 1 aliphatic rings. The van der Waals surface area contributed by atoms with Crippen LogP contribution in [0.4, 0.5) is 0 Å². The average molecular weight is 305 g/mol. The minimum Gasteiger partial charge on any atom is -0.508 e. The van der Waals surface area contributed by atoms with Crippen LogP contribution in [0, 0.1) is 0 Å². The molecule has 2 aromatic rings. The van der Waals surface area contributed by atoms with Gasteiger partial charge in [0.1, 0.15) is 11.4 Å². The molecule has 0 radical (unpaired) electrons. The van der Waals surface area contributed by atoms with Gasteiger partial charge in [0.2, 0.25) is 0 Å². The number of nitrogens with zero attached hydrogens (tertiary/aromatic N) is 2. The van der Waals surface area contributed by atoms with Crippen LogP contribution >= 0.6 is 11.6 Å². The summed E-state index contributed by atoms with van der Waals surface area (Å²) in [5, 5.41) is 10.2.